The van der Waals surface area contributed by atoms with Gasteiger partial charge in [-0.05, 0) is 24.3 Å². The van der Waals surface area contributed by atoms with Gasteiger partial charge in [0.2, 0.25) is 0 Å². The Balaban J connectivity index is 1.38. The van der Waals surface area contributed by atoms with Crippen molar-refractivity contribution in [3.63, 3.8) is 0 Å². The van der Waals surface area contributed by atoms with E-state index in [1.54, 1.807) is 28.9 Å². The second-order valence-corrected chi connectivity index (χ2v) is 6.72. The number of H-pyrrole nitrogens is 1. The average Bonchev–Trinajstić information content (AvgIpc) is 3.22. The van der Waals surface area contributed by atoms with E-state index in [-0.39, 0.29) is 18.4 Å². The van der Waals surface area contributed by atoms with E-state index in [2.05, 4.69) is 20.4 Å². The summed E-state index contributed by atoms with van der Waals surface area (Å²) in [5.74, 6) is -0.664. The van der Waals surface area contributed by atoms with E-state index >= 15 is 0 Å². The minimum atomic E-state index is -0.567. The molecule has 0 atom stereocenters. The largest absolute Gasteiger partial charge is 0.456 e. The van der Waals surface area contributed by atoms with Crippen LogP contribution in [0.4, 0.5) is 5.69 Å². The van der Waals surface area contributed by atoms with Crippen LogP contribution in [0.15, 0.2) is 71.7 Å². The first kappa shape index (κ1) is 20.0. The third-order valence-corrected chi connectivity index (χ3v) is 4.48. The smallest absolute Gasteiger partial charge is 0.306 e. The molecule has 1 amide bonds. The van der Waals surface area contributed by atoms with Crippen molar-refractivity contribution in [2.75, 3.05) is 11.9 Å². The van der Waals surface area contributed by atoms with Crippen molar-refractivity contribution in [1.29, 1.82) is 0 Å². The van der Waals surface area contributed by atoms with Crippen LogP contribution < -0.4 is 10.9 Å². The van der Waals surface area contributed by atoms with E-state index in [0.29, 0.717) is 22.5 Å². The van der Waals surface area contributed by atoms with Crippen molar-refractivity contribution < 1.29 is 14.3 Å². The molecule has 0 saturated heterocycles. The number of esters is 1. The molecule has 0 aliphatic heterocycles. The molecule has 0 saturated carbocycles. The highest BCUT2D eigenvalue weighted by Crippen LogP contribution is 2.14. The minimum absolute atomic E-state index is 0.0352. The molecule has 2 N–H and O–H groups in total. The zero-order valence-electron chi connectivity index (χ0n) is 16.4. The number of ether oxygens (including phenoxy) is 1. The number of aromatic nitrogens is 4. The summed E-state index contributed by atoms with van der Waals surface area (Å²) in [6.07, 6.45) is 1.58. The number of carbonyl (C=O) groups is 2. The van der Waals surface area contributed by atoms with E-state index in [1.807, 2.05) is 36.4 Å². The normalized spacial score (nSPS) is 10.7. The van der Waals surface area contributed by atoms with Crippen LogP contribution in [0.1, 0.15) is 12.2 Å². The molecule has 2 aromatic carbocycles. The lowest BCUT2D eigenvalue weighted by Crippen LogP contribution is -2.21. The van der Waals surface area contributed by atoms with Crippen LogP contribution in [0, 0.1) is 0 Å². The van der Waals surface area contributed by atoms with Crippen LogP contribution in [0.2, 0.25) is 0 Å². The maximum Gasteiger partial charge on any atom is 0.306 e. The Morgan fingerprint density at radius 1 is 1.03 bits per heavy atom. The number of hydrogen-bond acceptors (Lipinski definition) is 6. The predicted molar refractivity (Wildman–Crippen MR) is 114 cm³/mol. The van der Waals surface area contributed by atoms with Crippen LogP contribution in [-0.2, 0) is 20.7 Å². The summed E-state index contributed by atoms with van der Waals surface area (Å²) in [6.45, 7) is -0.391. The van der Waals surface area contributed by atoms with E-state index in [9.17, 15) is 14.4 Å². The summed E-state index contributed by atoms with van der Waals surface area (Å²) in [5.41, 5.74) is 1.46. The second kappa shape index (κ2) is 9.04. The van der Waals surface area contributed by atoms with Gasteiger partial charge in [-0.1, -0.05) is 36.4 Å². The molecule has 2 heterocycles. The first-order chi connectivity index (χ1) is 15.1. The Morgan fingerprint density at radius 2 is 1.74 bits per heavy atom. The lowest BCUT2D eigenvalue weighted by Gasteiger charge is -2.07. The molecule has 0 spiro atoms. The SMILES string of the molecule is O=C(COC(=O)CCc1nc2c(cnn2-c2ccccc2)c(=O)[nH]1)Nc1ccccc1. The monoisotopic (exact) mass is 417 g/mol. The number of benzene rings is 2. The Labute approximate surface area is 176 Å². The molecule has 156 valence electrons. The molecular weight excluding hydrogens is 398 g/mol. The topological polar surface area (TPSA) is 119 Å². The van der Waals surface area contributed by atoms with Gasteiger partial charge in [-0.3, -0.25) is 14.4 Å². The van der Waals surface area contributed by atoms with E-state index in [0.717, 1.165) is 5.69 Å². The van der Waals surface area contributed by atoms with Gasteiger partial charge in [0.05, 0.1) is 18.3 Å². The van der Waals surface area contributed by atoms with E-state index in [1.165, 1.54) is 6.20 Å². The Hall–Kier alpha value is -4.27. The Bertz CT molecular complexity index is 1270. The number of carbonyl (C=O) groups excluding carboxylic acids is 2. The molecule has 0 aliphatic rings. The molecule has 0 fully saturated rings. The van der Waals surface area contributed by atoms with Gasteiger partial charge in [-0.2, -0.15) is 5.10 Å². The maximum absolute atomic E-state index is 12.4. The molecule has 2 aromatic heterocycles. The van der Waals surface area contributed by atoms with Gasteiger partial charge in [0.1, 0.15) is 11.2 Å². The van der Waals surface area contributed by atoms with Crippen molar-refractivity contribution in [3.8, 4) is 5.69 Å². The Morgan fingerprint density at radius 3 is 2.48 bits per heavy atom. The maximum atomic E-state index is 12.4. The fourth-order valence-electron chi connectivity index (χ4n) is 3.00. The summed E-state index contributed by atoms with van der Waals surface area (Å²) >= 11 is 0. The van der Waals surface area contributed by atoms with Gasteiger partial charge in [0.15, 0.2) is 12.3 Å². The molecule has 0 radical (unpaired) electrons. The van der Waals surface area contributed by atoms with Crippen LogP contribution in [0.5, 0.6) is 0 Å². The number of nitrogens with zero attached hydrogens (tertiary/aromatic N) is 3. The third-order valence-electron chi connectivity index (χ3n) is 4.48. The lowest BCUT2D eigenvalue weighted by atomic mass is 10.3. The highest BCUT2D eigenvalue weighted by Gasteiger charge is 2.13. The van der Waals surface area contributed by atoms with Crippen molar-refractivity contribution in [1.82, 2.24) is 19.7 Å². The van der Waals surface area contributed by atoms with Crippen LogP contribution in [-0.4, -0.2) is 38.2 Å². The van der Waals surface area contributed by atoms with E-state index in [4.69, 9.17) is 4.74 Å². The molecule has 9 heteroatoms. The molecule has 4 rings (SSSR count). The summed E-state index contributed by atoms with van der Waals surface area (Å²) in [7, 11) is 0. The average molecular weight is 417 g/mol. The number of amides is 1. The molecular formula is C22H19N5O4. The van der Waals surface area contributed by atoms with Crippen molar-refractivity contribution in [2.45, 2.75) is 12.8 Å². The van der Waals surface area contributed by atoms with Crippen LogP contribution >= 0.6 is 0 Å². The van der Waals surface area contributed by atoms with Gasteiger partial charge in [-0.15, -0.1) is 0 Å². The molecule has 31 heavy (non-hydrogen) atoms. The molecule has 0 unspecified atom stereocenters. The number of aromatic amines is 1. The number of rotatable bonds is 7. The third kappa shape index (κ3) is 4.84. The standard InChI is InChI=1S/C22H19N5O4/c28-19(24-15-7-3-1-4-8-15)14-31-20(29)12-11-18-25-21-17(22(30)26-18)13-23-27(21)16-9-5-2-6-10-16/h1-10,13H,11-12,14H2,(H,24,28)(H,25,26,30). The first-order valence-electron chi connectivity index (χ1n) is 9.63. The van der Waals surface area contributed by atoms with E-state index < -0.39 is 18.5 Å². The van der Waals surface area contributed by atoms with Crippen LogP contribution in [0.25, 0.3) is 16.7 Å². The minimum Gasteiger partial charge on any atom is -0.456 e. The van der Waals surface area contributed by atoms with Crippen molar-refractivity contribution >= 4 is 28.6 Å². The number of anilines is 1. The summed E-state index contributed by atoms with van der Waals surface area (Å²) in [6, 6.07) is 18.2. The summed E-state index contributed by atoms with van der Waals surface area (Å²) in [4.78, 5) is 43.4. The fourth-order valence-corrected chi connectivity index (χ4v) is 3.00. The second-order valence-electron chi connectivity index (χ2n) is 6.72. The lowest BCUT2D eigenvalue weighted by molar-refractivity contribution is -0.147. The van der Waals surface area contributed by atoms with Gasteiger partial charge in [0, 0.05) is 12.1 Å². The number of para-hydroxylation sites is 2. The van der Waals surface area contributed by atoms with Crippen molar-refractivity contribution in [3.05, 3.63) is 83.0 Å². The zero-order valence-corrected chi connectivity index (χ0v) is 16.4. The van der Waals surface area contributed by atoms with Gasteiger partial charge in [-0.25, -0.2) is 9.67 Å². The number of fused-ring (bicyclic) bond motifs is 1. The van der Waals surface area contributed by atoms with Crippen LogP contribution in [0.3, 0.4) is 0 Å². The zero-order chi connectivity index (χ0) is 21.6. The highest BCUT2D eigenvalue weighted by molar-refractivity contribution is 5.92. The van der Waals surface area contributed by atoms with Gasteiger partial charge < -0.3 is 15.0 Å². The highest BCUT2D eigenvalue weighted by atomic mass is 16.5. The van der Waals surface area contributed by atoms with Gasteiger partial charge in [0.25, 0.3) is 11.5 Å². The summed E-state index contributed by atoms with van der Waals surface area (Å²) in [5, 5.41) is 7.23. The van der Waals surface area contributed by atoms with Crippen molar-refractivity contribution in [2.24, 2.45) is 0 Å². The predicted octanol–water partition coefficient (Wildman–Crippen LogP) is 2.22. The first-order valence-corrected chi connectivity index (χ1v) is 9.63. The molecule has 0 aliphatic carbocycles. The number of nitrogens with one attached hydrogen (secondary N) is 2. The Kier molecular flexibility index (Phi) is 5.84. The molecule has 4 aromatic rings. The molecule has 9 nitrogen and oxygen atoms in total. The fraction of sp³-hybridized carbons (Fsp3) is 0.136. The molecule has 0 bridgehead atoms. The number of hydrogen-bond donors (Lipinski definition) is 2. The van der Waals surface area contributed by atoms with Gasteiger partial charge >= 0.3 is 5.97 Å². The quantitative estimate of drug-likeness (QED) is 0.445. The number of aryl methyl sites for hydroxylation is 1. The summed E-state index contributed by atoms with van der Waals surface area (Å²) < 4.78 is 6.57.